The molecule has 1 N–H and O–H groups in total. The number of oxazole rings is 1. The molecular weight excluding hydrogens is 755 g/mol. The monoisotopic (exact) mass is 808 g/mol. The van der Waals surface area contributed by atoms with Crippen LogP contribution in [-0.4, -0.2) is 68.6 Å². The van der Waals surface area contributed by atoms with E-state index >= 15 is 0 Å². The Morgan fingerprint density at radius 3 is 2.38 bits per heavy atom. The molecule has 6 rings (SSSR count). The summed E-state index contributed by atoms with van der Waals surface area (Å²) < 4.78 is 12.2. The van der Waals surface area contributed by atoms with Crippen LogP contribution in [0.2, 0.25) is 10.0 Å². The predicted molar refractivity (Wildman–Crippen MR) is 215 cm³/mol. The fourth-order valence-corrected chi connectivity index (χ4v) is 8.59. The zero-order chi connectivity index (χ0) is 40.1. The molecule has 11 nitrogen and oxygen atoms in total. The van der Waals surface area contributed by atoms with Gasteiger partial charge < -0.3 is 19.4 Å². The van der Waals surface area contributed by atoms with Crippen molar-refractivity contribution in [2.75, 3.05) is 11.9 Å². The smallest absolute Gasteiger partial charge is 0.296 e. The van der Waals surface area contributed by atoms with E-state index in [1.807, 2.05) is 27.7 Å². The van der Waals surface area contributed by atoms with Crippen molar-refractivity contribution in [2.45, 2.75) is 129 Å². The van der Waals surface area contributed by atoms with E-state index in [-0.39, 0.29) is 67.6 Å². The summed E-state index contributed by atoms with van der Waals surface area (Å²) in [5, 5.41) is 4.26. The molecule has 3 aromatic rings. The van der Waals surface area contributed by atoms with Crippen LogP contribution in [0, 0.1) is 29.1 Å². The number of hydrogen-bond donors (Lipinski definition) is 1. The van der Waals surface area contributed by atoms with Gasteiger partial charge in [-0.05, 0) is 67.6 Å². The van der Waals surface area contributed by atoms with Crippen molar-refractivity contribution in [1.82, 2.24) is 14.9 Å². The quantitative estimate of drug-likeness (QED) is 0.124. The molecule has 1 aliphatic heterocycles. The zero-order valence-corrected chi connectivity index (χ0v) is 34.4. The van der Waals surface area contributed by atoms with Gasteiger partial charge in [0.25, 0.3) is 6.01 Å². The largest absolute Gasteiger partial charge is 0.472 e. The Labute approximate surface area is 339 Å². The lowest BCUT2D eigenvalue weighted by Gasteiger charge is -2.36. The van der Waals surface area contributed by atoms with E-state index < -0.39 is 47.0 Å². The van der Waals surface area contributed by atoms with Crippen LogP contribution in [0.1, 0.15) is 111 Å². The number of benzene rings is 1. The van der Waals surface area contributed by atoms with Gasteiger partial charge in [0.05, 0.1) is 23.7 Å². The first-order valence-electron chi connectivity index (χ1n) is 20.2. The summed E-state index contributed by atoms with van der Waals surface area (Å²) in [6, 6.07) is 7.12. The van der Waals surface area contributed by atoms with Crippen LogP contribution in [0.15, 0.2) is 40.9 Å². The molecule has 56 heavy (non-hydrogen) atoms. The summed E-state index contributed by atoms with van der Waals surface area (Å²) in [6.45, 7) is 7.79. The number of pyridine rings is 1. The van der Waals surface area contributed by atoms with E-state index in [4.69, 9.17) is 32.4 Å². The highest BCUT2D eigenvalue weighted by Crippen LogP contribution is 2.38. The molecule has 1 amide bonds. The standard InChI is InChI=1S/C43H54Cl2N4O7/c1-5-9-27(40(53)36(52)18-25-12-13-25)19-34(50)33-21-30(55-38-17-15-29(45)23-46-38)24-49(33)41(54)31(43(2,3)4)22-35(51)39(26-10-7-6-8-11-26)48-42-47-32-16-14-28(44)20-37(32)56-42/h14-17,20,23,25-27,30-31,33,39H,5-13,18-19,21-22,24H2,1-4H3,(H,47,48)/t27-,30-,31-,33+,39-/m1/s1. The number of fused-ring (bicyclic) bond motifs is 1. The van der Waals surface area contributed by atoms with Crippen LogP contribution in [0.5, 0.6) is 5.88 Å². The normalized spacial score (nSPS) is 20.7. The highest BCUT2D eigenvalue weighted by Gasteiger charge is 2.47. The summed E-state index contributed by atoms with van der Waals surface area (Å²) in [6.07, 6.45) is 8.78. The molecule has 3 heterocycles. The van der Waals surface area contributed by atoms with E-state index in [0.717, 1.165) is 44.9 Å². The number of nitrogens with zero attached hydrogens (tertiary/aromatic N) is 3. The minimum atomic E-state index is -0.913. The summed E-state index contributed by atoms with van der Waals surface area (Å²) in [5.41, 5.74) is 0.446. The van der Waals surface area contributed by atoms with Crippen LogP contribution < -0.4 is 10.1 Å². The number of hydrogen-bond acceptors (Lipinski definition) is 10. The van der Waals surface area contributed by atoms with Crippen molar-refractivity contribution in [1.29, 1.82) is 0 Å². The Kier molecular flexibility index (Phi) is 13.6. The second kappa shape index (κ2) is 18.2. The van der Waals surface area contributed by atoms with Crippen LogP contribution in [0.25, 0.3) is 11.1 Å². The summed E-state index contributed by atoms with van der Waals surface area (Å²) in [4.78, 5) is 80.4. The van der Waals surface area contributed by atoms with Gasteiger partial charge in [-0.2, -0.15) is 4.98 Å². The molecule has 13 heteroatoms. The first kappa shape index (κ1) is 41.8. The number of aromatic nitrogens is 2. The predicted octanol–water partition coefficient (Wildman–Crippen LogP) is 8.87. The third kappa shape index (κ3) is 10.6. The van der Waals surface area contributed by atoms with Gasteiger partial charge in [0.1, 0.15) is 11.6 Å². The number of carbonyl (C=O) groups excluding carboxylic acids is 5. The van der Waals surface area contributed by atoms with Gasteiger partial charge in [0.2, 0.25) is 17.6 Å². The highest BCUT2D eigenvalue weighted by atomic mass is 35.5. The average Bonchev–Trinajstić information content (AvgIpc) is 3.73. The highest BCUT2D eigenvalue weighted by molar-refractivity contribution is 6.38. The van der Waals surface area contributed by atoms with Gasteiger partial charge >= 0.3 is 0 Å². The third-order valence-electron chi connectivity index (χ3n) is 11.7. The van der Waals surface area contributed by atoms with Gasteiger partial charge in [-0.15, -0.1) is 0 Å². The molecule has 302 valence electrons. The van der Waals surface area contributed by atoms with Crippen LogP contribution in [0.3, 0.4) is 0 Å². The van der Waals surface area contributed by atoms with E-state index in [9.17, 15) is 24.0 Å². The Morgan fingerprint density at radius 1 is 0.982 bits per heavy atom. The van der Waals surface area contributed by atoms with Gasteiger partial charge in [-0.1, -0.05) is 76.6 Å². The molecule has 2 saturated carbocycles. The SMILES string of the molecule is CCC[C@H](CC(=O)[C@@H]1C[C@@H](Oc2ccc(Cl)cn2)CN1C(=O)[C@@H](CC(=O)[C@H](Nc1nc2ccc(Cl)cc2o1)C1CCCCC1)C(C)(C)C)C(=O)C(=O)CC1CC1. The lowest BCUT2D eigenvalue weighted by Crippen LogP contribution is -2.49. The summed E-state index contributed by atoms with van der Waals surface area (Å²) >= 11 is 12.3. The maximum absolute atomic E-state index is 14.9. The molecule has 2 aliphatic carbocycles. The first-order chi connectivity index (χ1) is 26.7. The fraction of sp³-hybridized carbons (Fsp3) is 0.605. The van der Waals surface area contributed by atoms with Crippen molar-refractivity contribution >= 4 is 69.4 Å². The van der Waals surface area contributed by atoms with E-state index in [1.54, 1.807) is 35.2 Å². The first-order valence-corrected chi connectivity index (χ1v) is 21.0. The number of ketones is 4. The molecule has 1 aromatic carbocycles. The molecule has 0 spiro atoms. The molecule has 3 aliphatic rings. The molecule has 0 unspecified atom stereocenters. The van der Waals surface area contributed by atoms with Gasteiger partial charge in [-0.3, -0.25) is 24.0 Å². The number of halogens is 2. The number of ether oxygens (including phenoxy) is 1. The number of anilines is 1. The van der Waals surface area contributed by atoms with E-state index in [0.29, 0.717) is 39.9 Å². The molecule has 3 fully saturated rings. The van der Waals surface area contributed by atoms with Gasteiger partial charge in [-0.25, -0.2) is 4.98 Å². The number of Topliss-reactive ketones (excluding diaryl/α,β-unsaturated/α-hetero) is 4. The fourth-order valence-electron chi connectivity index (χ4n) is 8.31. The third-order valence-corrected chi connectivity index (χ3v) is 12.1. The Hall–Kier alpha value is -3.83. The van der Waals surface area contributed by atoms with Crippen LogP contribution in [-0.2, 0) is 24.0 Å². The second-order valence-corrected chi connectivity index (χ2v) is 18.0. The van der Waals surface area contributed by atoms with Crippen molar-refractivity contribution < 1.29 is 33.1 Å². The van der Waals surface area contributed by atoms with Crippen molar-refractivity contribution in [3.63, 3.8) is 0 Å². The van der Waals surface area contributed by atoms with Crippen molar-refractivity contribution in [2.24, 2.45) is 29.1 Å². The maximum Gasteiger partial charge on any atom is 0.296 e. The second-order valence-electron chi connectivity index (χ2n) is 17.1. The molecule has 1 saturated heterocycles. The molecular formula is C43H54Cl2N4O7. The minimum absolute atomic E-state index is 0.0204. The number of likely N-dealkylation sites (tertiary alicyclic amines) is 1. The van der Waals surface area contributed by atoms with Crippen LogP contribution in [0.4, 0.5) is 6.01 Å². The minimum Gasteiger partial charge on any atom is -0.472 e. The van der Waals surface area contributed by atoms with E-state index in [1.165, 1.54) is 6.20 Å². The van der Waals surface area contributed by atoms with Crippen LogP contribution >= 0.6 is 23.2 Å². The zero-order valence-electron chi connectivity index (χ0n) is 32.9. The lowest BCUT2D eigenvalue weighted by atomic mass is 9.74. The number of amides is 1. The van der Waals surface area contributed by atoms with Gasteiger partial charge in [0, 0.05) is 60.9 Å². The van der Waals surface area contributed by atoms with Crippen molar-refractivity contribution in [3.8, 4) is 5.88 Å². The van der Waals surface area contributed by atoms with E-state index in [2.05, 4.69) is 15.3 Å². The Bertz CT molecular complexity index is 1900. The maximum atomic E-state index is 14.9. The number of carbonyl (C=O) groups is 5. The Balaban J connectivity index is 1.25. The topological polar surface area (TPSA) is 149 Å². The summed E-state index contributed by atoms with van der Waals surface area (Å²) in [7, 11) is 0. The molecule has 5 atom stereocenters. The molecule has 2 aromatic heterocycles. The summed E-state index contributed by atoms with van der Waals surface area (Å²) in [5.74, 6) is -2.64. The Morgan fingerprint density at radius 2 is 1.71 bits per heavy atom. The number of rotatable bonds is 18. The lowest BCUT2D eigenvalue weighted by molar-refractivity contribution is -0.147. The number of nitrogens with one attached hydrogen (secondary N) is 1. The van der Waals surface area contributed by atoms with Crippen molar-refractivity contribution in [3.05, 3.63) is 46.6 Å². The average molecular weight is 810 g/mol. The van der Waals surface area contributed by atoms with Gasteiger partial charge in [0.15, 0.2) is 22.9 Å². The molecule has 0 bridgehead atoms. The molecule has 0 radical (unpaired) electrons.